The standard InChI is InChI=1S/C23H25N3O4S/c1-14(2)12-26-22(28)17-6-4-5-7-18(17)25-23(26)31-15(3)21(27)24-11-16-8-9-19-20(10-16)30-13-29-19/h4-10,14-15H,11-13H2,1-3H3,(H,24,27)/t15-/m1/s1. The normalized spacial score (nSPS) is 13.5. The Morgan fingerprint density at radius 2 is 1.94 bits per heavy atom. The molecule has 31 heavy (non-hydrogen) atoms. The van der Waals surface area contributed by atoms with Gasteiger partial charge in [-0.2, -0.15) is 0 Å². The van der Waals surface area contributed by atoms with Crippen molar-refractivity contribution in [1.82, 2.24) is 14.9 Å². The van der Waals surface area contributed by atoms with E-state index in [9.17, 15) is 9.59 Å². The third kappa shape index (κ3) is 4.69. The number of nitrogens with zero attached hydrogens (tertiary/aromatic N) is 2. The van der Waals surface area contributed by atoms with Gasteiger partial charge in [-0.15, -0.1) is 0 Å². The number of rotatable bonds is 7. The lowest BCUT2D eigenvalue weighted by Crippen LogP contribution is -2.32. The third-order valence-electron chi connectivity index (χ3n) is 4.93. The highest BCUT2D eigenvalue weighted by Gasteiger charge is 2.20. The zero-order chi connectivity index (χ0) is 22.0. The lowest BCUT2D eigenvalue weighted by Gasteiger charge is -2.17. The molecule has 2 heterocycles. The molecule has 0 bridgehead atoms. The van der Waals surface area contributed by atoms with Crippen molar-refractivity contribution >= 4 is 28.6 Å². The van der Waals surface area contributed by atoms with E-state index in [1.54, 1.807) is 10.6 Å². The van der Waals surface area contributed by atoms with E-state index < -0.39 is 5.25 Å². The zero-order valence-electron chi connectivity index (χ0n) is 17.8. The van der Waals surface area contributed by atoms with E-state index in [1.807, 2.05) is 43.3 Å². The van der Waals surface area contributed by atoms with Crippen molar-refractivity contribution < 1.29 is 14.3 Å². The van der Waals surface area contributed by atoms with Gasteiger partial charge in [0, 0.05) is 13.1 Å². The van der Waals surface area contributed by atoms with Crippen molar-refractivity contribution in [2.45, 2.75) is 44.3 Å². The highest BCUT2D eigenvalue weighted by molar-refractivity contribution is 8.00. The van der Waals surface area contributed by atoms with Gasteiger partial charge >= 0.3 is 0 Å². The second-order valence-corrected chi connectivity index (χ2v) is 9.19. The highest BCUT2D eigenvalue weighted by atomic mass is 32.2. The lowest BCUT2D eigenvalue weighted by atomic mass is 10.2. The zero-order valence-corrected chi connectivity index (χ0v) is 18.6. The number of hydrogen-bond acceptors (Lipinski definition) is 6. The predicted octanol–water partition coefficient (Wildman–Crippen LogP) is 3.58. The number of nitrogens with one attached hydrogen (secondary N) is 1. The van der Waals surface area contributed by atoms with Gasteiger partial charge in [-0.05, 0) is 42.7 Å². The summed E-state index contributed by atoms with van der Waals surface area (Å²) in [6, 6.07) is 12.9. The molecule has 0 radical (unpaired) electrons. The van der Waals surface area contributed by atoms with E-state index in [1.165, 1.54) is 11.8 Å². The Morgan fingerprint density at radius 3 is 2.74 bits per heavy atom. The molecule has 1 aromatic heterocycles. The number of thioether (sulfide) groups is 1. The van der Waals surface area contributed by atoms with Crippen LogP contribution in [0, 0.1) is 5.92 Å². The molecule has 1 aliphatic rings. The molecule has 0 spiro atoms. The van der Waals surface area contributed by atoms with Gasteiger partial charge in [-0.3, -0.25) is 14.2 Å². The fourth-order valence-electron chi connectivity index (χ4n) is 3.36. The van der Waals surface area contributed by atoms with Gasteiger partial charge in [0.05, 0.1) is 16.2 Å². The van der Waals surface area contributed by atoms with Crippen molar-refractivity contribution in [3.8, 4) is 11.5 Å². The fraction of sp³-hybridized carbons (Fsp3) is 0.348. The van der Waals surface area contributed by atoms with Gasteiger partial charge in [0.2, 0.25) is 12.7 Å². The first kappa shape index (κ1) is 21.2. The molecule has 7 nitrogen and oxygen atoms in total. The summed E-state index contributed by atoms with van der Waals surface area (Å²) in [4.78, 5) is 30.4. The molecule has 0 saturated carbocycles. The van der Waals surface area contributed by atoms with Gasteiger partial charge in [-0.25, -0.2) is 4.98 Å². The number of amides is 1. The maximum atomic E-state index is 13.0. The smallest absolute Gasteiger partial charge is 0.262 e. The Balaban J connectivity index is 1.49. The van der Waals surface area contributed by atoms with Crippen LogP contribution in [-0.4, -0.2) is 27.5 Å². The molecule has 2 aromatic carbocycles. The van der Waals surface area contributed by atoms with Gasteiger partial charge in [0.15, 0.2) is 16.7 Å². The number of carbonyl (C=O) groups excluding carboxylic acids is 1. The number of hydrogen-bond donors (Lipinski definition) is 1. The van der Waals surface area contributed by atoms with Gasteiger partial charge in [-0.1, -0.05) is 43.8 Å². The Bertz CT molecular complexity index is 1180. The summed E-state index contributed by atoms with van der Waals surface area (Å²) in [6.07, 6.45) is 0. The second kappa shape index (κ2) is 9.01. The molecular weight excluding hydrogens is 414 g/mol. The van der Waals surface area contributed by atoms with E-state index in [2.05, 4.69) is 24.1 Å². The molecule has 0 fully saturated rings. The summed E-state index contributed by atoms with van der Waals surface area (Å²) in [5.41, 5.74) is 1.49. The summed E-state index contributed by atoms with van der Waals surface area (Å²) in [6.45, 7) is 7.07. The molecule has 0 aliphatic carbocycles. The number of carbonyl (C=O) groups is 1. The minimum atomic E-state index is -0.416. The van der Waals surface area contributed by atoms with Crippen molar-refractivity contribution in [3.63, 3.8) is 0 Å². The highest BCUT2D eigenvalue weighted by Crippen LogP contribution is 2.32. The van der Waals surface area contributed by atoms with Gasteiger partial charge in [0.1, 0.15) is 0 Å². The molecule has 8 heteroatoms. The van der Waals surface area contributed by atoms with Crippen LogP contribution in [0.15, 0.2) is 52.4 Å². The van der Waals surface area contributed by atoms with E-state index in [-0.39, 0.29) is 24.2 Å². The van der Waals surface area contributed by atoms with Crippen molar-refractivity contribution in [1.29, 1.82) is 0 Å². The predicted molar refractivity (Wildman–Crippen MR) is 121 cm³/mol. The second-order valence-electron chi connectivity index (χ2n) is 7.89. The van der Waals surface area contributed by atoms with E-state index in [0.717, 1.165) is 5.56 Å². The van der Waals surface area contributed by atoms with Crippen LogP contribution < -0.4 is 20.3 Å². The Labute approximate surface area is 184 Å². The molecule has 1 amide bonds. The largest absolute Gasteiger partial charge is 0.454 e. The lowest BCUT2D eigenvalue weighted by molar-refractivity contribution is -0.120. The van der Waals surface area contributed by atoms with Crippen molar-refractivity contribution in [3.05, 3.63) is 58.4 Å². The van der Waals surface area contributed by atoms with Crippen LogP contribution >= 0.6 is 11.8 Å². The third-order valence-corrected chi connectivity index (χ3v) is 6.02. The van der Waals surface area contributed by atoms with Crippen molar-refractivity contribution in [2.24, 2.45) is 5.92 Å². The molecule has 1 atom stereocenters. The number of aromatic nitrogens is 2. The number of benzene rings is 2. The molecule has 0 unspecified atom stereocenters. The van der Waals surface area contributed by atoms with Gasteiger partial charge in [0.25, 0.3) is 5.56 Å². The van der Waals surface area contributed by atoms with E-state index in [0.29, 0.717) is 40.6 Å². The molecule has 162 valence electrons. The van der Waals surface area contributed by atoms with Crippen LogP contribution in [0.1, 0.15) is 26.3 Å². The number of para-hydroxylation sites is 1. The van der Waals surface area contributed by atoms with Crippen LogP contribution in [0.3, 0.4) is 0 Å². The monoisotopic (exact) mass is 439 g/mol. The molecule has 1 N–H and O–H groups in total. The molecule has 4 rings (SSSR count). The van der Waals surface area contributed by atoms with Crippen LogP contribution in [0.25, 0.3) is 10.9 Å². The van der Waals surface area contributed by atoms with Crippen LogP contribution in [0.4, 0.5) is 0 Å². The van der Waals surface area contributed by atoms with Crippen molar-refractivity contribution in [2.75, 3.05) is 6.79 Å². The topological polar surface area (TPSA) is 82.5 Å². The summed E-state index contributed by atoms with van der Waals surface area (Å²) in [7, 11) is 0. The summed E-state index contributed by atoms with van der Waals surface area (Å²) >= 11 is 1.30. The first-order valence-electron chi connectivity index (χ1n) is 10.2. The van der Waals surface area contributed by atoms with Crippen LogP contribution in [0.2, 0.25) is 0 Å². The average Bonchev–Trinajstić information content (AvgIpc) is 3.22. The van der Waals surface area contributed by atoms with Crippen LogP contribution in [0.5, 0.6) is 11.5 Å². The Morgan fingerprint density at radius 1 is 1.16 bits per heavy atom. The maximum Gasteiger partial charge on any atom is 0.262 e. The summed E-state index contributed by atoms with van der Waals surface area (Å²) in [5.74, 6) is 1.55. The molecular formula is C23H25N3O4S. The first-order valence-corrected chi connectivity index (χ1v) is 11.1. The van der Waals surface area contributed by atoms with Gasteiger partial charge < -0.3 is 14.8 Å². The van der Waals surface area contributed by atoms with Crippen LogP contribution in [-0.2, 0) is 17.9 Å². The molecule has 1 aliphatic heterocycles. The Hall–Kier alpha value is -3.00. The minimum Gasteiger partial charge on any atom is -0.454 e. The molecule has 0 saturated heterocycles. The molecule has 3 aromatic rings. The van der Waals surface area contributed by atoms with E-state index in [4.69, 9.17) is 9.47 Å². The average molecular weight is 440 g/mol. The minimum absolute atomic E-state index is 0.0743. The summed E-state index contributed by atoms with van der Waals surface area (Å²) < 4.78 is 12.4. The fourth-order valence-corrected chi connectivity index (χ4v) is 4.30. The maximum absolute atomic E-state index is 13.0. The SMILES string of the molecule is CC(C)Cn1c(S[C@H](C)C(=O)NCc2ccc3c(c2)OCO3)nc2ccccc2c1=O. The summed E-state index contributed by atoms with van der Waals surface area (Å²) in [5, 5.41) is 3.68. The quantitative estimate of drug-likeness (QED) is 0.448. The number of ether oxygens (including phenoxy) is 2. The number of fused-ring (bicyclic) bond motifs is 2. The first-order chi connectivity index (χ1) is 14.9. The Kier molecular flexibility index (Phi) is 6.18. The van der Waals surface area contributed by atoms with E-state index >= 15 is 0 Å².